The summed E-state index contributed by atoms with van der Waals surface area (Å²) in [6.45, 7) is -0.785. The number of alkyl halides is 3. The maximum atomic E-state index is 12.7. The fraction of sp³-hybridized carbons (Fsp3) is 0.350. The molecule has 0 N–H and O–H groups in total. The molecule has 32 heavy (non-hydrogen) atoms. The van der Waals surface area contributed by atoms with Gasteiger partial charge in [-0.2, -0.15) is 33.7 Å². The Balaban J connectivity index is 1.51. The molecule has 1 aliphatic heterocycles. The van der Waals surface area contributed by atoms with Gasteiger partial charge in [0.2, 0.25) is 0 Å². The highest BCUT2D eigenvalue weighted by molar-refractivity contribution is 5.73. The van der Waals surface area contributed by atoms with Gasteiger partial charge >= 0.3 is 6.18 Å². The van der Waals surface area contributed by atoms with Crippen molar-refractivity contribution >= 4 is 5.65 Å². The molecular formula is C20H18F3N9. The third kappa shape index (κ3) is 3.50. The number of halogens is 3. The summed E-state index contributed by atoms with van der Waals surface area (Å²) in [7, 11) is 1.83. The second kappa shape index (κ2) is 7.16. The summed E-state index contributed by atoms with van der Waals surface area (Å²) in [6, 6.07) is 7.67. The minimum atomic E-state index is -4.28. The lowest BCUT2D eigenvalue weighted by Crippen LogP contribution is -2.64. The van der Waals surface area contributed by atoms with Gasteiger partial charge in [-0.1, -0.05) is 0 Å². The molecule has 4 aromatic rings. The Morgan fingerprint density at radius 2 is 2.00 bits per heavy atom. The van der Waals surface area contributed by atoms with Crippen molar-refractivity contribution in [2.45, 2.75) is 18.1 Å². The van der Waals surface area contributed by atoms with Crippen LogP contribution in [0.4, 0.5) is 13.2 Å². The molecule has 0 amide bonds. The van der Waals surface area contributed by atoms with Crippen LogP contribution < -0.4 is 0 Å². The number of hydrogen-bond acceptors (Lipinski definition) is 6. The van der Waals surface area contributed by atoms with Crippen LogP contribution in [0, 0.1) is 11.3 Å². The van der Waals surface area contributed by atoms with Crippen molar-refractivity contribution in [1.82, 2.24) is 39.1 Å². The molecule has 0 atom stereocenters. The van der Waals surface area contributed by atoms with E-state index >= 15 is 0 Å². The first-order valence-corrected chi connectivity index (χ1v) is 9.82. The molecule has 0 spiro atoms. The molecule has 4 aromatic heterocycles. The molecule has 0 radical (unpaired) electrons. The molecule has 1 aliphatic rings. The SMILES string of the molecule is Cn1cc(-c2cc(-c3ccn(C4(CC#N)CN(CC(F)(F)F)C4)n3)n3ncnc3c2)cn1. The molecule has 5 rings (SSSR count). The third-order valence-electron chi connectivity index (χ3n) is 5.60. The average molecular weight is 441 g/mol. The van der Waals surface area contributed by atoms with Crippen molar-refractivity contribution < 1.29 is 13.2 Å². The van der Waals surface area contributed by atoms with Gasteiger partial charge in [-0.05, 0) is 23.8 Å². The van der Waals surface area contributed by atoms with Crippen LogP contribution in [0.2, 0.25) is 0 Å². The van der Waals surface area contributed by atoms with Crippen LogP contribution in [0.15, 0.2) is 43.1 Å². The van der Waals surface area contributed by atoms with Gasteiger partial charge in [0, 0.05) is 38.1 Å². The summed E-state index contributed by atoms with van der Waals surface area (Å²) in [5.41, 5.74) is 2.88. The van der Waals surface area contributed by atoms with Crippen molar-refractivity contribution in [3.63, 3.8) is 0 Å². The van der Waals surface area contributed by atoms with Gasteiger partial charge < -0.3 is 0 Å². The number of nitriles is 1. The highest BCUT2D eigenvalue weighted by Crippen LogP contribution is 2.35. The molecule has 164 valence electrons. The molecule has 0 unspecified atom stereocenters. The fourth-order valence-corrected chi connectivity index (χ4v) is 4.20. The minimum absolute atomic E-state index is 0.0664. The van der Waals surface area contributed by atoms with Crippen LogP contribution >= 0.6 is 0 Å². The topological polar surface area (TPSA) is 92.9 Å². The Hall–Kier alpha value is -3.72. The molecule has 1 saturated heterocycles. The lowest BCUT2D eigenvalue weighted by atomic mass is 9.87. The van der Waals surface area contributed by atoms with Gasteiger partial charge in [0.25, 0.3) is 0 Å². The van der Waals surface area contributed by atoms with E-state index in [1.54, 1.807) is 32.3 Å². The number of nitrogens with zero attached hydrogens (tertiary/aromatic N) is 9. The van der Waals surface area contributed by atoms with Crippen molar-refractivity contribution in [3.05, 3.63) is 43.1 Å². The van der Waals surface area contributed by atoms with Crippen molar-refractivity contribution in [2.24, 2.45) is 7.05 Å². The van der Waals surface area contributed by atoms with E-state index in [4.69, 9.17) is 0 Å². The number of aromatic nitrogens is 7. The summed E-state index contributed by atoms with van der Waals surface area (Å²) >= 11 is 0. The summed E-state index contributed by atoms with van der Waals surface area (Å²) in [5, 5.41) is 22.4. The average Bonchev–Trinajstić information content (AvgIpc) is 3.44. The Morgan fingerprint density at radius 3 is 2.69 bits per heavy atom. The van der Waals surface area contributed by atoms with Crippen LogP contribution in [0.3, 0.4) is 0 Å². The molecule has 5 heterocycles. The second-order valence-electron chi connectivity index (χ2n) is 8.03. The molecule has 0 saturated carbocycles. The van der Waals surface area contributed by atoms with E-state index in [2.05, 4.69) is 26.3 Å². The molecular weight excluding hydrogens is 423 g/mol. The van der Waals surface area contributed by atoms with Crippen LogP contribution in [0.25, 0.3) is 28.2 Å². The predicted molar refractivity (Wildman–Crippen MR) is 107 cm³/mol. The van der Waals surface area contributed by atoms with E-state index in [9.17, 15) is 18.4 Å². The lowest BCUT2D eigenvalue weighted by Gasteiger charge is -2.49. The standard InChI is InChI=1S/C20H18F3N9/c1-29-9-15(8-26-29)14-6-17(32-18(7-14)25-13-27-32)16-2-5-31(28-16)19(3-4-24)10-30(11-19)12-20(21,22)23/h2,5-9,13H,3,10-12H2,1H3. The molecule has 1 fully saturated rings. The van der Waals surface area contributed by atoms with E-state index in [0.717, 1.165) is 11.1 Å². The second-order valence-corrected chi connectivity index (χ2v) is 8.03. The highest BCUT2D eigenvalue weighted by atomic mass is 19.4. The Bertz CT molecular complexity index is 1320. The zero-order valence-corrected chi connectivity index (χ0v) is 17.0. The minimum Gasteiger partial charge on any atom is -0.290 e. The molecule has 0 aromatic carbocycles. The number of pyridine rings is 1. The Kier molecular flexibility index (Phi) is 4.52. The van der Waals surface area contributed by atoms with E-state index in [0.29, 0.717) is 17.0 Å². The number of likely N-dealkylation sites (tertiary alicyclic amines) is 1. The number of rotatable bonds is 5. The summed E-state index contributed by atoms with van der Waals surface area (Å²) in [6.07, 6.45) is 2.57. The van der Waals surface area contributed by atoms with E-state index in [-0.39, 0.29) is 19.5 Å². The Labute approximate surface area is 180 Å². The highest BCUT2D eigenvalue weighted by Gasteiger charge is 2.48. The lowest BCUT2D eigenvalue weighted by molar-refractivity contribution is -0.167. The first kappa shape index (κ1) is 20.2. The third-order valence-corrected chi connectivity index (χ3v) is 5.60. The normalized spacial score (nSPS) is 16.2. The van der Waals surface area contributed by atoms with Gasteiger partial charge in [-0.3, -0.25) is 14.3 Å². The van der Waals surface area contributed by atoms with E-state index in [1.165, 1.54) is 11.2 Å². The first-order valence-electron chi connectivity index (χ1n) is 9.82. The fourth-order valence-electron chi connectivity index (χ4n) is 4.20. The quantitative estimate of drug-likeness (QED) is 0.473. The zero-order chi connectivity index (χ0) is 22.5. The van der Waals surface area contributed by atoms with Crippen molar-refractivity contribution in [1.29, 1.82) is 5.26 Å². The summed E-state index contributed by atoms with van der Waals surface area (Å²) in [4.78, 5) is 5.56. The van der Waals surface area contributed by atoms with Gasteiger partial charge in [-0.25, -0.2) is 9.50 Å². The monoisotopic (exact) mass is 441 g/mol. The van der Waals surface area contributed by atoms with Gasteiger partial charge in [0.15, 0.2) is 5.65 Å². The Morgan fingerprint density at radius 1 is 1.19 bits per heavy atom. The van der Waals surface area contributed by atoms with E-state index < -0.39 is 18.3 Å². The number of hydrogen-bond donors (Lipinski definition) is 0. The van der Waals surface area contributed by atoms with Gasteiger partial charge in [0.1, 0.15) is 17.6 Å². The molecule has 9 nitrogen and oxygen atoms in total. The summed E-state index contributed by atoms with van der Waals surface area (Å²) in [5.74, 6) is 0. The largest absolute Gasteiger partial charge is 0.401 e. The molecule has 0 bridgehead atoms. The van der Waals surface area contributed by atoms with Crippen LogP contribution in [0.1, 0.15) is 6.42 Å². The van der Waals surface area contributed by atoms with Crippen LogP contribution in [-0.4, -0.2) is 64.9 Å². The smallest absolute Gasteiger partial charge is 0.290 e. The summed E-state index contributed by atoms with van der Waals surface area (Å²) < 4.78 is 43.2. The van der Waals surface area contributed by atoms with Gasteiger partial charge in [-0.15, -0.1) is 0 Å². The zero-order valence-electron chi connectivity index (χ0n) is 17.0. The predicted octanol–water partition coefficient (Wildman–Crippen LogP) is 2.48. The van der Waals surface area contributed by atoms with Crippen molar-refractivity contribution in [2.75, 3.05) is 19.6 Å². The van der Waals surface area contributed by atoms with Gasteiger partial charge in [0.05, 0.1) is 30.9 Å². The maximum absolute atomic E-state index is 12.7. The number of fused-ring (bicyclic) bond motifs is 1. The van der Waals surface area contributed by atoms with Crippen molar-refractivity contribution in [3.8, 4) is 28.6 Å². The van der Waals surface area contributed by atoms with Crippen LogP contribution in [0.5, 0.6) is 0 Å². The molecule has 12 heteroatoms. The maximum Gasteiger partial charge on any atom is 0.401 e. The molecule has 0 aliphatic carbocycles. The first-order chi connectivity index (χ1) is 15.3. The van der Waals surface area contributed by atoms with E-state index in [1.807, 2.05) is 25.4 Å². The van der Waals surface area contributed by atoms with Crippen LogP contribution in [-0.2, 0) is 12.6 Å². The number of aryl methyl sites for hydroxylation is 1.